The Morgan fingerprint density at radius 1 is 1.06 bits per heavy atom. The van der Waals surface area contributed by atoms with E-state index in [4.69, 9.17) is 14.5 Å². The number of unbranched alkanes of at least 4 members (excludes halogenated alkanes) is 3. The summed E-state index contributed by atoms with van der Waals surface area (Å²) in [4.78, 5) is 17.3. The van der Waals surface area contributed by atoms with Crippen LogP contribution in [0.2, 0.25) is 0 Å². The number of aromatic nitrogens is 2. The summed E-state index contributed by atoms with van der Waals surface area (Å²) in [5, 5.41) is 3.76. The molecule has 0 amide bonds. The van der Waals surface area contributed by atoms with Gasteiger partial charge in [0.1, 0.15) is 17.2 Å². The molecule has 0 radical (unpaired) electrons. The Morgan fingerprint density at radius 2 is 1.81 bits per heavy atom. The lowest BCUT2D eigenvalue weighted by Crippen LogP contribution is -2.36. The van der Waals surface area contributed by atoms with Crippen LogP contribution in [-0.4, -0.2) is 28.0 Å². The van der Waals surface area contributed by atoms with Crippen molar-refractivity contribution in [1.29, 1.82) is 0 Å². The first kappa shape index (κ1) is 28.0. The molecule has 6 nitrogen and oxygen atoms in total. The number of nitrogens with one attached hydrogen (secondary N) is 1. The van der Waals surface area contributed by atoms with E-state index in [0.717, 1.165) is 59.3 Å². The molecule has 0 saturated heterocycles. The van der Waals surface area contributed by atoms with E-state index < -0.39 is 0 Å². The average Bonchev–Trinajstić information content (AvgIpc) is 3.12. The molecule has 7 heteroatoms. The fraction of sp³-hybridized carbons (Fsp3) is 0.517. The number of ether oxygens (including phenoxy) is 2. The Kier molecular flexibility index (Phi) is 9.09. The normalized spacial score (nSPS) is 12.1. The number of fused-ring (bicyclic) bond motifs is 1. The van der Waals surface area contributed by atoms with Gasteiger partial charge in [-0.3, -0.25) is 9.20 Å². The second kappa shape index (κ2) is 11.7. The van der Waals surface area contributed by atoms with E-state index in [0.29, 0.717) is 17.9 Å². The Morgan fingerprint density at radius 3 is 2.47 bits per heavy atom. The van der Waals surface area contributed by atoms with Crippen LogP contribution in [0, 0.1) is 5.41 Å². The van der Waals surface area contributed by atoms with Crippen LogP contribution < -0.4 is 14.8 Å². The quantitative estimate of drug-likeness (QED) is 0.146. The minimum absolute atomic E-state index is 0.156. The monoisotopic (exact) mass is 557 g/mol. The number of halogens is 1. The zero-order valence-corrected chi connectivity index (χ0v) is 24.3. The minimum Gasteiger partial charge on any atom is -0.493 e. The van der Waals surface area contributed by atoms with Crippen LogP contribution >= 0.6 is 15.9 Å². The molecule has 1 N–H and O–H groups in total. The molecule has 0 bridgehead atoms. The maximum absolute atomic E-state index is 12.4. The van der Waals surface area contributed by atoms with Crippen molar-refractivity contribution in [3.05, 3.63) is 41.0 Å². The van der Waals surface area contributed by atoms with E-state index in [1.165, 1.54) is 0 Å². The highest BCUT2D eigenvalue weighted by molar-refractivity contribution is 9.10. The third kappa shape index (κ3) is 7.48. The fourth-order valence-corrected chi connectivity index (χ4v) is 5.14. The van der Waals surface area contributed by atoms with Gasteiger partial charge in [-0.1, -0.05) is 47.0 Å². The van der Waals surface area contributed by atoms with Gasteiger partial charge in [-0.2, -0.15) is 0 Å². The van der Waals surface area contributed by atoms with Crippen molar-refractivity contribution in [1.82, 2.24) is 9.38 Å². The number of hydrogen-bond acceptors (Lipinski definition) is 5. The van der Waals surface area contributed by atoms with Crippen LogP contribution in [0.5, 0.6) is 11.5 Å². The standard InChI is InChI=1S/C29H40BrN3O3/c1-8-9-10-11-12-25(34)36-22-15-13-20(17-23(22)35-7)26-27(32-29(5,6)19-28(2,3)4)33-18-21(30)14-16-24(33)31-26/h13-18,32H,8-12,19H2,1-7H3. The van der Waals surface area contributed by atoms with Gasteiger partial charge in [0.05, 0.1) is 7.11 Å². The third-order valence-electron chi connectivity index (χ3n) is 5.91. The molecule has 2 heterocycles. The van der Waals surface area contributed by atoms with Gasteiger partial charge in [0.25, 0.3) is 0 Å². The van der Waals surface area contributed by atoms with Gasteiger partial charge in [-0.25, -0.2) is 4.98 Å². The van der Waals surface area contributed by atoms with Crippen molar-refractivity contribution < 1.29 is 14.3 Å². The van der Waals surface area contributed by atoms with Crippen LogP contribution in [0.15, 0.2) is 41.0 Å². The lowest BCUT2D eigenvalue weighted by molar-refractivity contribution is -0.134. The van der Waals surface area contributed by atoms with Crippen LogP contribution in [0.25, 0.3) is 16.9 Å². The van der Waals surface area contributed by atoms with Gasteiger partial charge in [-0.15, -0.1) is 0 Å². The summed E-state index contributed by atoms with van der Waals surface area (Å²) in [7, 11) is 1.59. The fourth-order valence-electron chi connectivity index (χ4n) is 4.80. The van der Waals surface area contributed by atoms with Crippen molar-refractivity contribution in [2.45, 2.75) is 85.6 Å². The number of carbonyl (C=O) groups is 1. The Labute approximate surface area is 223 Å². The number of hydrogen-bond donors (Lipinski definition) is 1. The molecule has 0 fully saturated rings. The molecule has 0 aliphatic carbocycles. The zero-order valence-electron chi connectivity index (χ0n) is 22.7. The summed E-state index contributed by atoms with van der Waals surface area (Å²) in [6.45, 7) is 13.3. The molecule has 0 saturated carbocycles. The number of carbonyl (C=O) groups excluding carboxylic acids is 1. The van der Waals surface area contributed by atoms with Gasteiger partial charge >= 0.3 is 5.97 Å². The molecule has 3 rings (SSSR count). The number of esters is 1. The van der Waals surface area contributed by atoms with Gasteiger partial charge in [0.15, 0.2) is 11.5 Å². The van der Waals surface area contributed by atoms with E-state index in [1.807, 2.05) is 30.5 Å². The predicted octanol–water partition coefficient (Wildman–Crippen LogP) is 8.27. The van der Waals surface area contributed by atoms with Crippen molar-refractivity contribution in [2.24, 2.45) is 5.41 Å². The molecule has 0 spiro atoms. The van der Waals surface area contributed by atoms with E-state index >= 15 is 0 Å². The first-order valence-electron chi connectivity index (χ1n) is 12.8. The van der Waals surface area contributed by atoms with Crippen molar-refractivity contribution in [2.75, 3.05) is 12.4 Å². The highest BCUT2D eigenvalue weighted by Gasteiger charge is 2.28. The summed E-state index contributed by atoms with van der Waals surface area (Å²) in [5.74, 6) is 1.60. The number of nitrogens with zero attached hydrogens (tertiary/aromatic N) is 2. The molecule has 0 aliphatic heterocycles. The van der Waals surface area contributed by atoms with Crippen LogP contribution in [0.3, 0.4) is 0 Å². The largest absolute Gasteiger partial charge is 0.493 e. The molecule has 0 aliphatic rings. The van der Waals surface area contributed by atoms with Gasteiger partial charge in [-0.05, 0) is 78.4 Å². The third-order valence-corrected chi connectivity index (χ3v) is 6.38. The van der Waals surface area contributed by atoms with Crippen molar-refractivity contribution in [3.8, 4) is 22.8 Å². The number of anilines is 1. The minimum atomic E-state index is -0.235. The topological polar surface area (TPSA) is 64.9 Å². The molecule has 1 aromatic carbocycles. The summed E-state index contributed by atoms with van der Waals surface area (Å²) >= 11 is 3.60. The molecular formula is C29H40BrN3O3. The van der Waals surface area contributed by atoms with Crippen LogP contribution in [-0.2, 0) is 4.79 Å². The maximum atomic E-state index is 12.4. The van der Waals surface area contributed by atoms with E-state index in [2.05, 4.69) is 67.2 Å². The Bertz CT molecular complexity index is 1190. The average molecular weight is 559 g/mol. The van der Waals surface area contributed by atoms with Crippen molar-refractivity contribution in [3.63, 3.8) is 0 Å². The number of imidazole rings is 1. The number of methoxy groups -OCH3 is 1. The van der Waals surface area contributed by atoms with E-state index in [1.54, 1.807) is 13.2 Å². The SMILES string of the molecule is CCCCCCC(=O)Oc1ccc(-c2nc3ccc(Br)cn3c2NC(C)(C)CC(C)(C)C)cc1OC. The van der Waals surface area contributed by atoms with Gasteiger partial charge < -0.3 is 14.8 Å². The lowest BCUT2D eigenvalue weighted by Gasteiger charge is -2.34. The maximum Gasteiger partial charge on any atom is 0.311 e. The van der Waals surface area contributed by atoms with E-state index in [9.17, 15) is 4.79 Å². The summed E-state index contributed by atoms with van der Waals surface area (Å²) in [5.41, 5.74) is 2.50. The molecule has 3 aromatic rings. The molecular weight excluding hydrogens is 518 g/mol. The second-order valence-electron chi connectivity index (χ2n) is 11.3. The van der Waals surface area contributed by atoms with Crippen LogP contribution in [0.4, 0.5) is 5.82 Å². The number of rotatable bonds is 11. The first-order chi connectivity index (χ1) is 16.9. The molecule has 196 valence electrons. The molecule has 2 aromatic heterocycles. The smallest absolute Gasteiger partial charge is 0.311 e. The highest BCUT2D eigenvalue weighted by atomic mass is 79.9. The summed E-state index contributed by atoms with van der Waals surface area (Å²) < 4.78 is 14.3. The van der Waals surface area contributed by atoms with E-state index in [-0.39, 0.29) is 16.9 Å². The molecule has 36 heavy (non-hydrogen) atoms. The summed E-state index contributed by atoms with van der Waals surface area (Å²) in [6.07, 6.45) is 7.53. The van der Waals surface area contributed by atoms with Gasteiger partial charge in [0, 0.05) is 28.2 Å². The zero-order chi connectivity index (χ0) is 26.5. The molecule has 0 unspecified atom stereocenters. The van der Waals surface area contributed by atoms with Crippen molar-refractivity contribution >= 4 is 33.4 Å². The lowest BCUT2D eigenvalue weighted by atomic mass is 9.82. The number of pyridine rings is 1. The highest BCUT2D eigenvalue weighted by Crippen LogP contribution is 2.38. The molecule has 0 atom stereocenters. The predicted molar refractivity (Wildman–Crippen MR) is 151 cm³/mol. The van der Waals surface area contributed by atoms with Crippen LogP contribution in [0.1, 0.15) is 80.1 Å². The number of benzene rings is 1. The van der Waals surface area contributed by atoms with Gasteiger partial charge in [0.2, 0.25) is 0 Å². The second-order valence-corrected chi connectivity index (χ2v) is 12.2. The first-order valence-corrected chi connectivity index (χ1v) is 13.6. The Balaban J connectivity index is 1.96. The summed E-state index contributed by atoms with van der Waals surface area (Å²) in [6, 6.07) is 9.59. The Hall–Kier alpha value is -2.54.